The number of benzene rings is 1. The van der Waals surface area contributed by atoms with E-state index in [0.717, 1.165) is 12.3 Å². The van der Waals surface area contributed by atoms with Crippen molar-refractivity contribution in [2.75, 3.05) is 6.67 Å². The van der Waals surface area contributed by atoms with Crippen LogP contribution in [0, 0.1) is 23.5 Å². The molecule has 0 aliphatic heterocycles. The van der Waals surface area contributed by atoms with Gasteiger partial charge in [0.1, 0.15) is 11.6 Å². The van der Waals surface area contributed by atoms with Crippen LogP contribution in [0.2, 0.25) is 0 Å². The first kappa shape index (κ1) is 20.8. The second kappa shape index (κ2) is 9.94. The lowest BCUT2D eigenvalue weighted by Gasteiger charge is -2.27. The van der Waals surface area contributed by atoms with Crippen LogP contribution in [0.3, 0.4) is 0 Å². The van der Waals surface area contributed by atoms with Gasteiger partial charge in [-0.05, 0) is 30.4 Å². The van der Waals surface area contributed by atoms with E-state index in [9.17, 15) is 26.3 Å². The van der Waals surface area contributed by atoms with E-state index in [4.69, 9.17) is 0 Å². The van der Waals surface area contributed by atoms with Crippen molar-refractivity contribution in [3.8, 4) is 0 Å². The SMILES string of the molecule is CCCC1CCC(CCF)CC1.Fc1ccc(C(F)(F)F)c(F)c1. The zero-order valence-corrected chi connectivity index (χ0v) is 13.8. The molecule has 0 atom stereocenters. The largest absolute Gasteiger partial charge is 0.419 e. The first-order chi connectivity index (χ1) is 11.3. The van der Waals surface area contributed by atoms with Crippen LogP contribution in [0.1, 0.15) is 57.4 Å². The third kappa shape index (κ3) is 7.14. The Morgan fingerprint density at radius 2 is 1.50 bits per heavy atom. The van der Waals surface area contributed by atoms with Crippen LogP contribution in [-0.4, -0.2) is 6.67 Å². The molecule has 1 fully saturated rings. The van der Waals surface area contributed by atoms with Gasteiger partial charge in [-0.3, -0.25) is 4.39 Å². The molecule has 1 aromatic carbocycles. The van der Waals surface area contributed by atoms with E-state index >= 15 is 0 Å². The summed E-state index contributed by atoms with van der Waals surface area (Å²) in [5.41, 5.74) is -1.45. The van der Waals surface area contributed by atoms with Crippen LogP contribution in [0.25, 0.3) is 0 Å². The van der Waals surface area contributed by atoms with Crippen LogP contribution in [0.4, 0.5) is 26.3 Å². The van der Waals surface area contributed by atoms with Crippen LogP contribution in [0.15, 0.2) is 18.2 Å². The molecular weight excluding hydrogens is 330 g/mol. The van der Waals surface area contributed by atoms with Gasteiger partial charge < -0.3 is 0 Å². The van der Waals surface area contributed by atoms with E-state index in [1.807, 2.05) is 0 Å². The van der Waals surface area contributed by atoms with Crippen molar-refractivity contribution >= 4 is 0 Å². The van der Waals surface area contributed by atoms with Crippen LogP contribution < -0.4 is 0 Å². The second-order valence-electron chi connectivity index (χ2n) is 6.28. The number of hydrogen-bond donors (Lipinski definition) is 0. The van der Waals surface area contributed by atoms with Crippen LogP contribution in [-0.2, 0) is 6.18 Å². The highest BCUT2D eigenvalue weighted by Crippen LogP contribution is 2.33. The van der Waals surface area contributed by atoms with Crippen molar-refractivity contribution in [1.29, 1.82) is 0 Å². The molecule has 1 saturated carbocycles. The Hall–Kier alpha value is -1.20. The lowest BCUT2D eigenvalue weighted by atomic mass is 9.79. The summed E-state index contributed by atoms with van der Waals surface area (Å²) < 4.78 is 72.0. The second-order valence-corrected chi connectivity index (χ2v) is 6.28. The minimum absolute atomic E-state index is 0.108. The Morgan fingerprint density at radius 3 is 1.92 bits per heavy atom. The highest BCUT2D eigenvalue weighted by Gasteiger charge is 2.33. The van der Waals surface area contributed by atoms with Crippen molar-refractivity contribution in [3.63, 3.8) is 0 Å². The summed E-state index contributed by atoms with van der Waals surface area (Å²) in [6, 6.07) is 1.12. The van der Waals surface area contributed by atoms with Crippen molar-refractivity contribution in [3.05, 3.63) is 35.4 Å². The summed E-state index contributed by atoms with van der Waals surface area (Å²) in [7, 11) is 0. The minimum Gasteiger partial charge on any atom is -0.251 e. The summed E-state index contributed by atoms with van der Waals surface area (Å²) in [4.78, 5) is 0. The monoisotopic (exact) mass is 354 g/mol. The predicted octanol–water partition coefficient (Wildman–Crippen LogP) is 6.94. The third-order valence-electron chi connectivity index (χ3n) is 4.42. The first-order valence-corrected chi connectivity index (χ1v) is 8.36. The van der Waals surface area contributed by atoms with Crippen LogP contribution >= 0.6 is 0 Å². The van der Waals surface area contributed by atoms with Crippen LogP contribution in [0.5, 0.6) is 0 Å². The Balaban J connectivity index is 0.000000240. The molecule has 0 radical (unpaired) electrons. The van der Waals surface area contributed by atoms with E-state index in [1.54, 1.807) is 0 Å². The number of halogens is 6. The van der Waals surface area contributed by atoms with Crippen molar-refractivity contribution < 1.29 is 26.3 Å². The minimum atomic E-state index is -4.77. The summed E-state index contributed by atoms with van der Waals surface area (Å²) in [5, 5.41) is 0. The van der Waals surface area contributed by atoms with Gasteiger partial charge in [-0.15, -0.1) is 0 Å². The first-order valence-electron chi connectivity index (χ1n) is 8.36. The summed E-state index contributed by atoms with van der Waals surface area (Å²) in [6.45, 7) is 2.15. The van der Waals surface area contributed by atoms with Crippen molar-refractivity contribution in [1.82, 2.24) is 0 Å². The van der Waals surface area contributed by atoms with E-state index in [2.05, 4.69) is 6.92 Å². The van der Waals surface area contributed by atoms with Gasteiger partial charge in [0.2, 0.25) is 0 Å². The highest BCUT2D eigenvalue weighted by atomic mass is 19.4. The Labute approximate surface area is 139 Å². The summed E-state index contributed by atoms with van der Waals surface area (Å²) in [5.74, 6) is -0.947. The summed E-state index contributed by atoms with van der Waals surface area (Å²) in [6.07, 6.45) is 4.05. The highest BCUT2D eigenvalue weighted by molar-refractivity contribution is 5.21. The molecule has 0 heterocycles. The number of alkyl halides is 4. The topological polar surface area (TPSA) is 0 Å². The average Bonchev–Trinajstić information content (AvgIpc) is 2.49. The number of rotatable bonds is 4. The van der Waals surface area contributed by atoms with Crippen molar-refractivity contribution in [2.24, 2.45) is 11.8 Å². The molecule has 0 aromatic heterocycles. The smallest absolute Gasteiger partial charge is 0.251 e. The molecule has 0 amide bonds. The van der Waals surface area contributed by atoms with E-state index in [0.29, 0.717) is 18.1 Å². The fraction of sp³-hybridized carbons (Fsp3) is 0.667. The molecular formula is C18H24F6. The molecule has 0 bridgehead atoms. The van der Waals surface area contributed by atoms with Gasteiger partial charge in [0.05, 0.1) is 12.2 Å². The van der Waals surface area contributed by atoms with E-state index in [-0.39, 0.29) is 12.7 Å². The fourth-order valence-corrected chi connectivity index (χ4v) is 3.09. The number of hydrogen-bond acceptors (Lipinski definition) is 0. The maximum absolute atomic E-state index is 12.4. The van der Waals surface area contributed by atoms with E-state index < -0.39 is 23.4 Å². The normalized spacial score (nSPS) is 21.1. The average molecular weight is 354 g/mol. The van der Waals surface area contributed by atoms with Gasteiger partial charge in [-0.2, -0.15) is 13.2 Å². The predicted molar refractivity (Wildman–Crippen MR) is 82.3 cm³/mol. The fourth-order valence-electron chi connectivity index (χ4n) is 3.09. The lowest BCUT2D eigenvalue weighted by Crippen LogP contribution is -2.14. The molecule has 6 heteroatoms. The molecule has 24 heavy (non-hydrogen) atoms. The maximum Gasteiger partial charge on any atom is 0.419 e. The van der Waals surface area contributed by atoms with Gasteiger partial charge in [-0.25, -0.2) is 8.78 Å². The molecule has 0 spiro atoms. The molecule has 2 rings (SSSR count). The molecule has 0 nitrogen and oxygen atoms in total. The zero-order valence-electron chi connectivity index (χ0n) is 13.8. The molecule has 0 N–H and O–H groups in total. The molecule has 1 aliphatic rings. The lowest BCUT2D eigenvalue weighted by molar-refractivity contribution is -0.140. The van der Waals surface area contributed by atoms with Crippen molar-refractivity contribution in [2.45, 2.75) is 58.0 Å². The third-order valence-corrected chi connectivity index (χ3v) is 4.42. The maximum atomic E-state index is 12.4. The standard InChI is InChI=1S/C11H21F.C7H3F5/c1-2-3-10-4-6-11(7-5-10)8-9-12;8-4-1-2-5(6(9)3-4)7(10,11)12/h10-11H,2-9H2,1H3;1-3H. The Morgan fingerprint density at radius 1 is 0.958 bits per heavy atom. The zero-order chi connectivity index (χ0) is 18.2. The molecule has 1 aliphatic carbocycles. The van der Waals surface area contributed by atoms with Gasteiger partial charge >= 0.3 is 6.18 Å². The molecule has 138 valence electrons. The van der Waals surface area contributed by atoms with Gasteiger partial charge in [0.15, 0.2) is 0 Å². The van der Waals surface area contributed by atoms with Gasteiger partial charge in [0, 0.05) is 6.07 Å². The summed E-state index contributed by atoms with van der Waals surface area (Å²) >= 11 is 0. The van der Waals surface area contributed by atoms with Gasteiger partial charge in [-0.1, -0.05) is 45.4 Å². The van der Waals surface area contributed by atoms with E-state index in [1.165, 1.54) is 38.5 Å². The van der Waals surface area contributed by atoms with Gasteiger partial charge in [0.25, 0.3) is 0 Å². The molecule has 0 unspecified atom stereocenters. The molecule has 1 aromatic rings. The Bertz CT molecular complexity index is 461. The Kier molecular flexibility index (Phi) is 8.63. The molecule has 0 saturated heterocycles. The quantitative estimate of drug-likeness (QED) is 0.514.